The maximum absolute atomic E-state index is 13.5. The van der Waals surface area contributed by atoms with Crippen LogP contribution in [0.4, 0.5) is 4.39 Å². The van der Waals surface area contributed by atoms with Crippen molar-refractivity contribution >= 4 is 0 Å². The van der Waals surface area contributed by atoms with Gasteiger partial charge >= 0.3 is 0 Å². The lowest BCUT2D eigenvalue weighted by Crippen LogP contribution is -1.99. The Morgan fingerprint density at radius 2 is 2.06 bits per heavy atom. The van der Waals surface area contributed by atoms with Gasteiger partial charge in [-0.05, 0) is 36.8 Å². The van der Waals surface area contributed by atoms with Crippen LogP contribution in [0.3, 0.4) is 0 Å². The quantitative estimate of drug-likeness (QED) is 0.891. The first kappa shape index (κ1) is 11.7. The number of aliphatic hydroxyl groups excluding tert-OH is 1. The maximum Gasteiger partial charge on any atom is 0.165 e. The van der Waals surface area contributed by atoms with Gasteiger partial charge in [0.2, 0.25) is 0 Å². The van der Waals surface area contributed by atoms with Crippen molar-refractivity contribution in [2.24, 2.45) is 0 Å². The molecule has 17 heavy (non-hydrogen) atoms. The molecule has 0 spiro atoms. The van der Waals surface area contributed by atoms with Crippen molar-refractivity contribution in [2.75, 3.05) is 7.11 Å². The fourth-order valence-electron chi connectivity index (χ4n) is 1.62. The van der Waals surface area contributed by atoms with Crippen LogP contribution in [0.25, 0.3) is 0 Å². The molecule has 0 amide bonds. The Morgan fingerprint density at radius 1 is 1.29 bits per heavy atom. The summed E-state index contributed by atoms with van der Waals surface area (Å²) in [6.45, 7) is 1.78. The predicted molar refractivity (Wildman–Crippen MR) is 60.5 cm³/mol. The number of halogens is 1. The third-order valence-corrected chi connectivity index (χ3v) is 2.52. The fourth-order valence-corrected chi connectivity index (χ4v) is 1.62. The lowest BCUT2D eigenvalue weighted by atomic mass is 10.1. The van der Waals surface area contributed by atoms with Gasteiger partial charge in [-0.15, -0.1) is 0 Å². The Kier molecular flexibility index (Phi) is 3.15. The van der Waals surface area contributed by atoms with Crippen LogP contribution in [0, 0.1) is 12.7 Å². The van der Waals surface area contributed by atoms with Gasteiger partial charge in [0.05, 0.1) is 7.11 Å². The van der Waals surface area contributed by atoms with E-state index in [0.29, 0.717) is 17.1 Å². The zero-order chi connectivity index (χ0) is 12.4. The monoisotopic (exact) mass is 236 g/mol. The molecular formula is C13H13FO3. The molecule has 1 heterocycles. The Hall–Kier alpha value is -1.81. The lowest BCUT2D eigenvalue weighted by molar-refractivity contribution is 0.187. The Bertz CT molecular complexity index is 519. The number of rotatable bonds is 3. The van der Waals surface area contributed by atoms with Crippen LogP contribution in [0.2, 0.25) is 0 Å². The van der Waals surface area contributed by atoms with Crippen LogP contribution >= 0.6 is 0 Å². The molecule has 0 saturated carbocycles. The number of benzene rings is 1. The average molecular weight is 236 g/mol. The molecule has 0 saturated heterocycles. The largest absolute Gasteiger partial charge is 0.494 e. The third-order valence-electron chi connectivity index (χ3n) is 2.52. The zero-order valence-electron chi connectivity index (χ0n) is 9.61. The normalized spacial score (nSPS) is 12.5. The van der Waals surface area contributed by atoms with E-state index in [1.807, 2.05) is 0 Å². The van der Waals surface area contributed by atoms with Crippen LogP contribution in [0.5, 0.6) is 5.75 Å². The number of ether oxygens (including phenoxy) is 1. The van der Waals surface area contributed by atoms with Gasteiger partial charge in [-0.3, -0.25) is 0 Å². The third kappa shape index (κ3) is 2.31. The summed E-state index contributed by atoms with van der Waals surface area (Å²) >= 11 is 0. The summed E-state index contributed by atoms with van der Waals surface area (Å²) in [5, 5.41) is 9.99. The van der Waals surface area contributed by atoms with Gasteiger partial charge in [0, 0.05) is 0 Å². The Balaban J connectivity index is 2.31. The first-order valence-corrected chi connectivity index (χ1v) is 5.19. The van der Waals surface area contributed by atoms with E-state index >= 15 is 0 Å². The average Bonchev–Trinajstić information content (AvgIpc) is 2.75. The molecule has 1 aromatic carbocycles. The molecule has 0 fully saturated rings. The summed E-state index contributed by atoms with van der Waals surface area (Å²) in [6.07, 6.45) is -0.968. The summed E-state index contributed by atoms with van der Waals surface area (Å²) in [4.78, 5) is 0. The molecule has 0 radical (unpaired) electrons. The van der Waals surface area contributed by atoms with Crippen molar-refractivity contribution in [3.05, 3.63) is 53.2 Å². The van der Waals surface area contributed by atoms with Crippen molar-refractivity contribution in [1.29, 1.82) is 0 Å². The topological polar surface area (TPSA) is 42.6 Å². The molecule has 0 bridgehead atoms. The SMILES string of the molecule is COc1ccc(C(O)c2ccc(C)o2)cc1F. The minimum absolute atomic E-state index is 0.150. The van der Waals surface area contributed by atoms with E-state index in [1.165, 1.54) is 19.2 Å². The second-order valence-electron chi connectivity index (χ2n) is 3.74. The predicted octanol–water partition coefficient (Wildman–Crippen LogP) is 2.82. The molecule has 2 rings (SSSR count). The molecule has 90 valence electrons. The molecule has 4 heteroatoms. The van der Waals surface area contributed by atoms with Gasteiger partial charge in [0.15, 0.2) is 11.6 Å². The first-order valence-electron chi connectivity index (χ1n) is 5.19. The van der Waals surface area contributed by atoms with E-state index in [4.69, 9.17) is 9.15 Å². The van der Waals surface area contributed by atoms with Gasteiger partial charge < -0.3 is 14.3 Å². The van der Waals surface area contributed by atoms with Gasteiger partial charge in [0.25, 0.3) is 0 Å². The smallest absolute Gasteiger partial charge is 0.165 e. The number of aliphatic hydroxyl groups is 1. The standard InChI is InChI=1S/C13H13FO3/c1-8-3-5-12(17-8)13(15)9-4-6-11(16-2)10(14)7-9/h3-7,13,15H,1-2H3. The highest BCUT2D eigenvalue weighted by Gasteiger charge is 2.16. The number of furan rings is 1. The van der Waals surface area contributed by atoms with Crippen LogP contribution in [0.1, 0.15) is 23.2 Å². The Morgan fingerprint density at radius 3 is 2.59 bits per heavy atom. The van der Waals surface area contributed by atoms with E-state index in [2.05, 4.69) is 0 Å². The molecular weight excluding hydrogens is 223 g/mol. The number of hydrogen-bond acceptors (Lipinski definition) is 3. The van der Waals surface area contributed by atoms with Crippen LogP contribution in [0.15, 0.2) is 34.7 Å². The van der Waals surface area contributed by atoms with E-state index < -0.39 is 11.9 Å². The molecule has 0 aliphatic carbocycles. The highest BCUT2D eigenvalue weighted by atomic mass is 19.1. The van der Waals surface area contributed by atoms with E-state index in [9.17, 15) is 9.50 Å². The summed E-state index contributed by atoms with van der Waals surface area (Å²) in [5.74, 6) is 0.740. The fraction of sp³-hybridized carbons (Fsp3) is 0.231. The molecule has 1 atom stereocenters. The minimum Gasteiger partial charge on any atom is -0.494 e. The summed E-state index contributed by atoms with van der Waals surface area (Å²) in [7, 11) is 1.39. The number of methoxy groups -OCH3 is 1. The van der Waals surface area contributed by atoms with Gasteiger partial charge in [-0.2, -0.15) is 0 Å². The van der Waals surface area contributed by atoms with E-state index in [-0.39, 0.29) is 5.75 Å². The second kappa shape index (κ2) is 4.59. The molecule has 0 aliphatic rings. The van der Waals surface area contributed by atoms with Crippen LogP contribution < -0.4 is 4.74 Å². The van der Waals surface area contributed by atoms with Crippen molar-refractivity contribution in [3.8, 4) is 5.75 Å². The molecule has 1 unspecified atom stereocenters. The lowest BCUT2D eigenvalue weighted by Gasteiger charge is -2.09. The van der Waals surface area contributed by atoms with E-state index in [0.717, 1.165) is 0 Å². The van der Waals surface area contributed by atoms with Crippen molar-refractivity contribution < 1.29 is 18.7 Å². The van der Waals surface area contributed by atoms with Crippen molar-refractivity contribution in [1.82, 2.24) is 0 Å². The molecule has 2 aromatic rings. The molecule has 1 N–H and O–H groups in total. The Labute approximate surface area is 98.5 Å². The molecule has 1 aromatic heterocycles. The number of aryl methyl sites for hydroxylation is 1. The minimum atomic E-state index is -0.968. The van der Waals surface area contributed by atoms with E-state index in [1.54, 1.807) is 25.1 Å². The molecule has 3 nitrogen and oxygen atoms in total. The van der Waals surface area contributed by atoms with Crippen molar-refractivity contribution in [3.63, 3.8) is 0 Å². The summed E-state index contributed by atoms with van der Waals surface area (Å²) in [6, 6.07) is 7.73. The van der Waals surface area contributed by atoms with Crippen molar-refractivity contribution in [2.45, 2.75) is 13.0 Å². The summed E-state index contributed by atoms with van der Waals surface area (Å²) in [5.41, 5.74) is 0.428. The second-order valence-corrected chi connectivity index (χ2v) is 3.74. The van der Waals surface area contributed by atoms with Crippen LogP contribution in [-0.4, -0.2) is 12.2 Å². The van der Waals surface area contributed by atoms with Gasteiger partial charge in [-0.25, -0.2) is 4.39 Å². The zero-order valence-corrected chi connectivity index (χ0v) is 9.61. The highest BCUT2D eigenvalue weighted by Crippen LogP contribution is 2.27. The first-order chi connectivity index (χ1) is 8.11. The van der Waals surface area contributed by atoms with Crippen LogP contribution in [-0.2, 0) is 0 Å². The maximum atomic E-state index is 13.5. The highest BCUT2D eigenvalue weighted by molar-refractivity contribution is 5.33. The van der Waals surface area contributed by atoms with Gasteiger partial charge in [-0.1, -0.05) is 6.07 Å². The molecule has 0 aliphatic heterocycles. The van der Waals surface area contributed by atoms with Gasteiger partial charge in [0.1, 0.15) is 17.6 Å². The summed E-state index contributed by atoms with van der Waals surface area (Å²) < 4.78 is 23.6. The number of hydrogen-bond donors (Lipinski definition) is 1.